The quantitative estimate of drug-likeness (QED) is 0.797. The van der Waals surface area contributed by atoms with E-state index in [4.69, 9.17) is 5.11 Å². The molecule has 0 bridgehead atoms. The van der Waals surface area contributed by atoms with Gasteiger partial charge in [-0.1, -0.05) is 6.92 Å². The smallest absolute Gasteiger partial charge is 0.327 e. The Balaban J connectivity index is 2.45. The van der Waals surface area contributed by atoms with Crippen molar-refractivity contribution >= 4 is 35.5 Å². The third-order valence-electron chi connectivity index (χ3n) is 2.73. The maximum atomic E-state index is 12.0. The molecule has 0 saturated carbocycles. The van der Waals surface area contributed by atoms with Gasteiger partial charge in [0.05, 0.1) is 0 Å². The van der Waals surface area contributed by atoms with Gasteiger partial charge in [-0.05, 0) is 17.9 Å². The maximum absolute atomic E-state index is 12.0. The Morgan fingerprint density at radius 3 is 2.94 bits per heavy atom. The molecule has 104 valence electrons. The standard InChI is InChI=1S/C11H20N2O3S2/c1-8(6-17-2)5-12-11(16)13-3-4-18-7-9(13)10(14)15/h8-9H,3-7H2,1-2H3,(H,12,16)(H,14,15). The second-order valence-corrected chi connectivity index (χ2v) is 6.43. The van der Waals surface area contributed by atoms with Crippen LogP contribution in [0.3, 0.4) is 0 Å². The minimum atomic E-state index is -0.922. The van der Waals surface area contributed by atoms with Gasteiger partial charge in [0.15, 0.2) is 0 Å². The van der Waals surface area contributed by atoms with E-state index < -0.39 is 12.0 Å². The lowest BCUT2D eigenvalue weighted by Gasteiger charge is -2.32. The topological polar surface area (TPSA) is 69.6 Å². The summed E-state index contributed by atoms with van der Waals surface area (Å²) < 4.78 is 0. The highest BCUT2D eigenvalue weighted by Gasteiger charge is 2.32. The number of amides is 2. The summed E-state index contributed by atoms with van der Waals surface area (Å²) in [6.07, 6.45) is 2.03. The number of aliphatic carboxylic acids is 1. The van der Waals surface area contributed by atoms with E-state index in [1.54, 1.807) is 23.5 Å². The number of carboxylic acid groups (broad SMARTS) is 1. The van der Waals surface area contributed by atoms with Crippen molar-refractivity contribution in [3.05, 3.63) is 0 Å². The van der Waals surface area contributed by atoms with Crippen LogP contribution in [0.1, 0.15) is 6.92 Å². The van der Waals surface area contributed by atoms with E-state index in [0.29, 0.717) is 24.8 Å². The number of carbonyl (C=O) groups is 2. The summed E-state index contributed by atoms with van der Waals surface area (Å²) in [6.45, 7) is 3.16. The van der Waals surface area contributed by atoms with Crippen molar-refractivity contribution in [2.75, 3.05) is 36.6 Å². The van der Waals surface area contributed by atoms with Crippen molar-refractivity contribution in [2.45, 2.75) is 13.0 Å². The zero-order chi connectivity index (χ0) is 13.5. The molecule has 1 aliphatic heterocycles. The van der Waals surface area contributed by atoms with Gasteiger partial charge >= 0.3 is 12.0 Å². The summed E-state index contributed by atoms with van der Waals surface area (Å²) in [7, 11) is 0. The number of rotatable bonds is 5. The molecule has 0 aromatic rings. The molecule has 5 nitrogen and oxygen atoms in total. The summed E-state index contributed by atoms with van der Waals surface area (Å²) in [5.41, 5.74) is 0. The molecule has 1 rings (SSSR count). The first kappa shape index (κ1) is 15.5. The average Bonchev–Trinajstić information content (AvgIpc) is 2.36. The van der Waals surface area contributed by atoms with Gasteiger partial charge in [0, 0.05) is 24.6 Å². The second kappa shape index (κ2) is 7.78. The Morgan fingerprint density at radius 2 is 2.33 bits per heavy atom. The SMILES string of the molecule is CSCC(C)CNC(=O)N1CCSCC1C(=O)O. The molecule has 1 heterocycles. The Hall–Kier alpha value is -0.560. The molecule has 0 aromatic heterocycles. The molecule has 2 atom stereocenters. The summed E-state index contributed by atoms with van der Waals surface area (Å²) in [6, 6.07) is -0.949. The van der Waals surface area contributed by atoms with Crippen molar-refractivity contribution in [2.24, 2.45) is 5.92 Å². The molecular weight excluding hydrogens is 272 g/mol. The van der Waals surface area contributed by atoms with Gasteiger partial charge in [-0.2, -0.15) is 23.5 Å². The van der Waals surface area contributed by atoms with Gasteiger partial charge in [-0.3, -0.25) is 0 Å². The first-order chi connectivity index (χ1) is 8.56. The largest absolute Gasteiger partial charge is 0.480 e. The monoisotopic (exact) mass is 292 g/mol. The van der Waals surface area contributed by atoms with E-state index in [-0.39, 0.29) is 6.03 Å². The van der Waals surface area contributed by atoms with E-state index in [9.17, 15) is 9.59 Å². The van der Waals surface area contributed by atoms with Crippen molar-refractivity contribution in [1.82, 2.24) is 10.2 Å². The van der Waals surface area contributed by atoms with Crippen LogP contribution in [0.5, 0.6) is 0 Å². The first-order valence-corrected chi connectivity index (χ1v) is 8.45. The molecule has 2 amide bonds. The minimum absolute atomic E-state index is 0.254. The van der Waals surface area contributed by atoms with Gasteiger partial charge in [-0.15, -0.1) is 0 Å². The van der Waals surface area contributed by atoms with Gasteiger partial charge in [0.1, 0.15) is 6.04 Å². The summed E-state index contributed by atoms with van der Waals surface area (Å²) in [5.74, 6) is 1.74. The number of urea groups is 1. The first-order valence-electron chi connectivity index (χ1n) is 5.90. The van der Waals surface area contributed by atoms with Crippen LogP contribution >= 0.6 is 23.5 Å². The number of hydrogen-bond acceptors (Lipinski definition) is 4. The summed E-state index contributed by atoms with van der Waals surface area (Å²) in [4.78, 5) is 24.5. The van der Waals surface area contributed by atoms with Crippen LogP contribution in [0.25, 0.3) is 0 Å². The van der Waals surface area contributed by atoms with E-state index in [1.807, 2.05) is 6.26 Å². The molecule has 0 radical (unpaired) electrons. The molecule has 0 spiro atoms. The number of carbonyl (C=O) groups excluding carboxylic acids is 1. The average molecular weight is 292 g/mol. The van der Waals surface area contributed by atoms with Crippen molar-refractivity contribution < 1.29 is 14.7 Å². The Kier molecular flexibility index (Phi) is 6.70. The van der Waals surface area contributed by atoms with Crippen LogP contribution in [0.2, 0.25) is 0 Å². The zero-order valence-electron chi connectivity index (χ0n) is 10.7. The van der Waals surface area contributed by atoms with E-state index in [1.165, 1.54) is 4.90 Å². The number of carboxylic acids is 1. The number of nitrogens with zero attached hydrogens (tertiary/aromatic N) is 1. The number of nitrogens with one attached hydrogen (secondary N) is 1. The van der Waals surface area contributed by atoms with Crippen LogP contribution in [-0.4, -0.2) is 64.7 Å². The third kappa shape index (κ3) is 4.61. The third-order valence-corrected chi connectivity index (χ3v) is 4.65. The maximum Gasteiger partial charge on any atom is 0.327 e. The lowest BCUT2D eigenvalue weighted by molar-refractivity contribution is -0.141. The molecule has 0 aromatic carbocycles. The molecule has 1 aliphatic rings. The number of hydrogen-bond donors (Lipinski definition) is 2. The molecule has 18 heavy (non-hydrogen) atoms. The summed E-state index contributed by atoms with van der Waals surface area (Å²) >= 11 is 3.32. The fourth-order valence-corrected chi connectivity index (χ4v) is 3.48. The Labute approximate surface area is 116 Å². The minimum Gasteiger partial charge on any atom is -0.480 e. The van der Waals surface area contributed by atoms with Crippen LogP contribution in [0, 0.1) is 5.92 Å². The molecule has 1 saturated heterocycles. The normalized spacial score (nSPS) is 21.4. The van der Waals surface area contributed by atoms with Gasteiger partial charge in [0.25, 0.3) is 0 Å². The molecule has 2 N–H and O–H groups in total. The molecule has 1 fully saturated rings. The Bertz CT molecular complexity index is 302. The fraction of sp³-hybridized carbons (Fsp3) is 0.818. The predicted molar refractivity (Wildman–Crippen MR) is 76.4 cm³/mol. The highest BCUT2D eigenvalue weighted by Crippen LogP contribution is 2.16. The van der Waals surface area contributed by atoms with Crippen molar-refractivity contribution in [1.29, 1.82) is 0 Å². The van der Waals surface area contributed by atoms with E-state index in [0.717, 1.165) is 11.5 Å². The van der Waals surface area contributed by atoms with Crippen LogP contribution in [0.15, 0.2) is 0 Å². The molecule has 0 aliphatic carbocycles. The van der Waals surface area contributed by atoms with E-state index >= 15 is 0 Å². The Morgan fingerprint density at radius 1 is 1.61 bits per heavy atom. The van der Waals surface area contributed by atoms with Gasteiger partial charge in [-0.25, -0.2) is 9.59 Å². The predicted octanol–water partition coefficient (Wildman–Crippen LogP) is 1.20. The zero-order valence-corrected chi connectivity index (χ0v) is 12.4. The van der Waals surface area contributed by atoms with Crippen LogP contribution in [-0.2, 0) is 4.79 Å². The van der Waals surface area contributed by atoms with E-state index in [2.05, 4.69) is 12.2 Å². The molecule has 7 heteroatoms. The van der Waals surface area contributed by atoms with Gasteiger partial charge < -0.3 is 15.3 Å². The molecular formula is C11H20N2O3S2. The summed E-state index contributed by atoms with van der Waals surface area (Å²) in [5, 5.41) is 11.9. The highest BCUT2D eigenvalue weighted by molar-refractivity contribution is 7.99. The number of thioether (sulfide) groups is 2. The highest BCUT2D eigenvalue weighted by atomic mass is 32.2. The lowest BCUT2D eigenvalue weighted by Crippen LogP contribution is -2.54. The van der Waals surface area contributed by atoms with Gasteiger partial charge in [0.2, 0.25) is 0 Å². The van der Waals surface area contributed by atoms with Crippen LogP contribution in [0.4, 0.5) is 4.79 Å². The van der Waals surface area contributed by atoms with Crippen molar-refractivity contribution in [3.63, 3.8) is 0 Å². The van der Waals surface area contributed by atoms with Crippen LogP contribution < -0.4 is 5.32 Å². The lowest BCUT2D eigenvalue weighted by atomic mass is 10.2. The fourth-order valence-electron chi connectivity index (χ4n) is 1.76. The second-order valence-electron chi connectivity index (χ2n) is 4.37. The van der Waals surface area contributed by atoms with Crippen molar-refractivity contribution in [3.8, 4) is 0 Å². The molecule has 2 unspecified atom stereocenters.